The van der Waals surface area contributed by atoms with Gasteiger partial charge in [0.05, 0.1) is 22.8 Å². The van der Waals surface area contributed by atoms with Crippen LogP contribution in [0.15, 0.2) is 42.6 Å². The Morgan fingerprint density at radius 3 is 2.42 bits per heavy atom. The monoisotopic (exact) mass is 619 g/mol. The third-order valence-corrected chi connectivity index (χ3v) is 8.42. The fourth-order valence-corrected chi connectivity index (χ4v) is 5.74. The number of anilines is 1. The quantitative estimate of drug-likeness (QED) is 0.147. The number of H-pyrrole nitrogens is 1. The summed E-state index contributed by atoms with van der Waals surface area (Å²) in [5.41, 5.74) is 7.32. The van der Waals surface area contributed by atoms with Gasteiger partial charge in [-0.3, -0.25) is 9.48 Å². The minimum atomic E-state index is -1.19. The number of nitrogens with one attached hydrogen (secondary N) is 2. The van der Waals surface area contributed by atoms with Crippen molar-refractivity contribution in [3.8, 4) is 16.9 Å². The molecule has 0 aliphatic carbocycles. The van der Waals surface area contributed by atoms with Gasteiger partial charge in [-0.1, -0.05) is 29.3 Å². The summed E-state index contributed by atoms with van der Waals surface area (Å²) in [5.74, 6) is -0.866. The van der Waals surface area contributed by atoms with Gasteiger partial charge in [0.2, 0.25) is 0 Å². The third kappa shape index (κ3) is 5.96. The zero-order valence-electron chi connectivity index (χ0n) is 24.4. The minimum Gasteiger partial charge on any atom is -0.494 e. The van der Waals surface area contributed by atoms with Crippen molar-refractivity contribution in [2.75, 3.05) is 11.9 Å². The number of benzene rings is 2. The average Bonchev–Trinajstić information content (AvgIpc) is 3.45. The van der Waals surface area contributed by atoms with Crippen molar-refractivity contribution < 1.29 is 19.4 Å². The van der Waals surface area contributed by atoms with E-state index < -0.39 is 11.9 Å². The Morgan fingerprint density at radius 2 is 1.77 bits per heavy atom. The molecule has 0 spiro atoms. The fourth-order valence-electron chi connectivity index (χ4n) is 5.37. The highest BCUT2D eigenvalue weighted by atomic mass is 35.5. The van der Waals surface area contributed by atoms with Gasteiger partial charge in [0.15, 0.2) is 0 Å². The molecule has 0 unspecified atom stereocenters. The lowest BCUT2D eigenvalue weighted by Gasteiger charge is -2.11. The molecule has 0 saturated carbocycles. The second-order valence-corrected chi connectivity index (χ2v) is 11.3. The van der Waals surface area contributed by atoms with Crippen LogP contribution in [0.4, 0.5) is 5.69 Å². The fraction of sp³-hybridized carbons (Fsp3) is 0.250. The molecule has 3 N–H and O–H groups in total. The smallest absolute Gasteiger partial charge is 0.354 e. The summed E-state index contributed by atoms with van der Waals surface area (Å²) in [6, 6.07) is 10.4. The van der Waals surface area contributed by atoms with Crippen LogP contribution in [-0.2, 0) is 13.5 Å². The van der Waals surface area contributed by atoms with E-state index in [-0.39, 0.29) is 5.69 Å². The van der Waals surface area contributed by atoms with Gasteiger partial charge in [-0.15, -0.1) is 0 Å². The van der Waals surface area contributed by atoms with Crippen LogP contribution in [0.2, 0.25) is 10.0 Å². The van der Waals surface area contributed by atoms with E-state index in [1.54, 1.807) is 10.7 Å². The number of ether oxygens (including phenoxy) is 1. The molecule has 9 nitrogen and oxygen atoms in total. The maximum absolute atomic E-state index is 13.7. The molecule has 5 aromatic rings. The molecule has 43 heavy (non-hydrogen) atoms. The minimum absolute atomic E-state index is 0.170. The molecule has 1 amide bonds. The summed E-state index contributed by atoms with van der Waals surface area (Å²) < 4.78 is 7.85. The number of aromatic amines is 1. The lowest BCUT2D eigenvalue weighted by Crippen LogP contribution is -2.15. The summed E-state index contributed by atoms with van der Waals surface area (Å²) >= 11 is 13.1. The van der Waals surface area contributed by atoms with Gasteiger partial charge in [0.25, 0.3) is 5.91 Å². The Labute approximate surface area is 258 Å². The second-order valence-electron chi connectivity index (χ2n) is 10.5. The van der Waals surface area contributed by atoms with E-state index >= 15 is 0 Å². The van der Waals surface area contributed by atoms with Crippen molar-refractivity contribution in [1.29, 1.82) is 0 Å². The normalized spacial score (nSPS) is 11.2. The van der Waals surface area contributed by atoms with Gasteiger partial charge in [0.1, 0.15) is 17.1 Å². The highest BCUT2D eigenvalue weighted by Gasteiger charge is 2.24. The first-order chi connectivity index (χ1) is 20.5. The zero-order chi connectivity index (χ0) is 31.0. The van der Waals surface area contributed by atoms with Crippen molar-refractivity contribution in [2.45, 2.75) is 40.5 Å². The molecule has 3 aromatic heterocycles. The Kier molecular flexibility index (Phi) is 8.48. The molecule has 0 atom stereocenters. The SMILES string of the molecule is Cc1cc(OCCCc2c(C(=O)Nc3ccnc(C(=O)O)c3)[nH]c3c(-c4c(C)nn(C)c4C)c(Cl)ccc23)cc(C)c1Cl. The molecule has 2 aromatic carbocycles. The number of amides is 1. The Bertz CT molecular complexity index is 1870. The number of fused-ring (bicyclic) bond motifs is 1. The maximum Gasteiger partial charge on any atom is 0.354 e. The van der Waals surface area contributed by atoms with Gasteiger partial charge in [-0.2, -0.15) is 5.10 Å². The topological polar surface area (TPSA) is 122 Å². The Hall–Kier alpha value is -4.34. The van der Waals surface area contributed by atoms with E-state index in [1.807, 2.05) is 59.0 Å². The first-order valence-electron chi connectivity index (χ1n) is 13.7. The molecule has 3 heterocycles. The number of aromatic carboxylic acids is 1. The van der Waals surface area contributed by atoms with Crippen molar-refractivity contribution in [3.05, 3.63) is 92.1 Å². The standard InChI is InChI=1S/C32H31Cl2N5O4/c1-16-13-21(14-17(2)28(16)34)43-12-6-7-22-23-8-9-24(33)27(26-18(3)38-39(5)19(26)4)29(23)37-30(22)31(40)36-20-10-11-35-25(15-20)32(41)42/h8-11,13-15,37H,6-7,12H2,1-5H3,(H,41,42)(H,35,36,40). The first-order valence-corrected chi connectivity index (χ1v) is 14.5. The molecule has 222 valence electrons. The number of hydrogen-bond acceptors (Lipinski definition) is 5. The van der Waals surface area contributed by atoms with Crippen molar-refractivity contribution in [3.63, 3.8) is 0 Å². The number of carboxylic acids is 1. The summed E-state index contributed by atoms with van der Waals surface area (Å²) in [4.78, 5) is 32.3. The van der Waals surface area contributed by atoms with Crippen LogP contribution in [0.1, 0.15) is 55.5 Å². The number of carbonyl (C=O) groups is 2. The van der Waals surface area contributed by atoms with E-state index in [0.717, 1.165) is 60.9 Å². The number of rotatable bonds is 9. The van der Waals surface area contributed by atoms with Crippen LogP contribution in [0.25, 0.3) is 22.0 Å². The molecule has 0 aliphatic rings. The summed E-state index contributed by atoms with van der Waals surface area (Å²) in [6.07, 6.45) is 2.49. The van der Waals surface area contributed by atoms with Crippen LogP contribution >= 0.6 is 23.2 Å². The van der Waals surface area contributed by atoms with E-state index in [1.165, 1.54) is 12.3 Å². The van der Waals surface area contributed by atoms with Gasteiger partial charge in [-0.05, 0) is 87.6 Å². The van der Waals surface area contributed by atoms with Gasteiger partial charge >= 0.3 is 5.97 Å². The Morgan fingerprint density at radius 1 is 1.05 bits per heavy atom. The average molecular weight is 621 g/mol. The maximum atomic E-state index is 13.7. The van der Waals surface area contributed by atoms with Crippen molar-refractivity contribution in [2.24, 2.45) is 7.05 Å². The van der Waals surface area contributed by atoms with Gasteiger partial charge in [0, 0.05) is 46.2 Å². The van der Waals surface area contributed by atoms with Crippen molar-refractivity contribution >= 4 is 51.7 Å². The lowest BCUT2D eigenvalue weighted by atomic mass is 9.98. The highest BCUT2D eigenvalue weighted by molar-refractivity contribution is 6.35. The molecule has 0 radical (unpaired) electrons. The van der Waals surface area contributed by atoms with E-state index in [0.29, 0.717) is 35.9 Å². The number of aryl methyl sites for hydroxylation is 5. The second kappa shape index (κ2) is 12.1. The number of carboxylic acid groups (broad SMARTS) is 1. The van der Waals surface area contributed by atoms with Crippen LogP contribution in [0.5, 0.6) is 5.75 Å². The number of nitrogens with zero attached hydrogens (tertiary/aromatic N) is 3. The highest BCUT2D eigenvalue weighted by Crippen LogP contribution is 2.40. The molecule has 5 rings (SSSR count). The van der Waals surface area contributed by atoms with Gasteiger partial charge < -0.3 is 20.1 Å². The summed E-state index contributed by atoms with van der Waals surface area (Å²) in [7, 11) is 1.88. The van der Waals surface area contributed by atoms with Crippen LogP contribution in [0.3, 0.4) is 0 Å². The van der Waals surface area contributed by atoms with Crippen LogP contribution in [-0.4, -0.2) is 43.3 Å². The van der Waals surface area contributed by atoms with Crippen LogP contribution < -0.4 is 10.1 Å². The Balaban J connectivity index is 1.53. The predicted molar refractivity (Wildman–Crippen MR) is 169 cm³/mol. The van der Waals surface area contributed by atoms with Gasteiger partial charge in [-0.25, -0.2) is 9.78 Å². The number of aromatic nitrogens is 4. The van der Waals surface area contributed by atoms with E-state index in [9.17, 15) is 14.7 Å². The third-order valence-electron chi connectivity index (χ3n) is 7.50. The first kappa shape index (κ1) is 30.1. The molecule has 0 aliphatic heterocycles. The molecule has 11 heteroatoms. The van der Waals surface area contributed by atoms with Crippen LogP contribution in [0, 0.1) is 27.7 Å². The largest absolute Gasteiger partial charge is 0.494 e. The predicted octanol–water partition coefficient (Wildman–Crippen LogP) is 7.47. The van der Waals surface area contributed by atoms with E-state index in [2.05, 4.69) is 20.4 Å². The molecule has 0 fully saturated rings. The molecular weight excluding hydrogens is 589 g/mol. The van der Waals surface area contributed by atoms with Crippen molar-refractivity contribution in [1.82, 2.24) is 19.7 Å². The summed E-state index contributed by atoms with van der Waals surface area (Å²) in [5, 5.41) is 18.8. The summed E-state index contributed by atoms with van der Waals surface area (Å²) in [6.45, 7) is 8.20. The zero-order valence-corrected chi connectivity index (χ0v) is 25.9. The number of carbonyl (C=O) groups excluding carboxylic acids is 1. The number of hydrogen-bond donors (Lipinski definition) is 3. The molecule has 0 bridgehead atoms. The number of halogens is 2. The lowest BCUT2D eigenvalue weighted by molar-refractivity contribution is 0.0690. The molecular formula is C32H31Cl2N5O4. The molecule has 0 saturated heterocycles. The number of pyridine rings is 1. The van der Waals surface area contributed by atoms with E-state index in [4.69, 9.17) is 27.9 Å².